The number of anilines is 1. The molecule has 0 saturated heterocycles. The number of hydrogen-bond acceptors (Lipinski definition) is 5. The molecular weight excluding hydrogens is 336 g/mol. The summed E-state index contributed by atoms with van der Waals surface area (Å²) in [6, 6.07) is 14.2. The third kappa shape index (κ3) is 2.64. The highest BCUT2D eigenvalue weighted by atomic mass is 32.1. The molecule has 0 amide bonds. The van der Waals surface area contributed by atoms with Crippen LogP contribution in [0.1, 0.15) is 5.56 Å². The van der Waals surface area contributed by atoms with Gasteiger partial charge in [-0.25, -0.2) is 14.3 Å². The van der Waals surface area contributed by atoms with Crippen molar-refractivity contribution in [3.63, 3.8) is 0 Å². The second-order valence-corrected chi connectivity index (χ2v) is 6.36. The molecule has 124 valence electrons. The van der Waals surface area contributed by atoms with Gasteiger partial charge >= 0.3 is 5.69 Å². The lowest BCUT2D eigenvalue weighted by Gasteiger charge is -2.13. The van der Waals surface area contributed by atoms with Crippen LogP contribution in [0.5, 0.6) is 0 Å². The Kier molecular flexibility index (Phi) is 3.70. The van der Waals surface area contributed by atoms with Gasteiger partial charge < -0.3 is 5.73 Å². The first-order valence-electron chi connectivity index (χ1n) is 7.64. The molecule has 0 saturated carbocycles. The smallest absolute Gasteiger partial charge is 0.337 e. The van der Waals surface area contributed by atoms with Gasteiger partial charge in [-0.1, -0.05) is 18.2 Å². The Morgan fingerprint density at radius 2 is 1.84 bits per heavy atom. The minimum absolute atomic E-state index is 0.217. The van der Waals surface area contributed by atoms with Gasteiger partial charge in [0.05, 0.1) is 17.6 Å². The highest BCUT2D eigenvalue weighted by Crippen LogP contribution is 2.14. The first-order valence-corrected chi connectivity index (χ1v) is 8.58. The third-order valence-electron chi connectivity index (χ3n) is 3.94. The Hall–Kier alpha value is -3.19. The van der Waals surface area contributed by atoms with Gasteiger partial charge in [0.1, 0.15) is 5.82 Å². The quantitative estimate of drug-likeness (QED) is 0.614. The van der Waals surface area contributed by atoms with Gasteiger partial charge in [-0.3, -0.25) is 9.36 Å². The number of nitrogen functional groups attached to an aromatic ring is 1. The molecule has 3 heterocycles. The molecule has 0 atom stereocenters. The minimum Gasteiger partial charge on any atom is -0.384 e. The molecule has 0 bridgehead atoms. The normalized spacial score (nSPS) is 11.0. The fraction of sp³-hybridized carbons (Fsp3) is 0.0556. The molecule has 0 aliphatic heterocycles. The molecule has 0 spiro atoms. The number of rotatable bonds is 3. The monoisotopic (exact) mass is 350 g/mol. The van der Waals surface area contributed by atoms with E-state index in [-0.39, 0.29) is 23.6 Å². The average molecular weight is 350 g/mol. The van der Waals surface area contributed by atoms with Gasteiger partial charge in [-0.15, -0.1) is 0 Å². The summed E-state index contributed by atoms with van der Waals surface area (Å²) in [5, 5.41) is 4.19. The van der Waals surface area contributed by atoms with E-state index in [0.29, 0.717) is 11.1 Å². The average Bonchev–Trinajstić information content (AvgIpc) is 3.13. The summed E-state index contributed by atoms with van der Waals surface area (Å²) in [5.41, 5.74) is 6.79. The van der Waals surface area contributed by atoms with Gasteiger partial charge in [-0.05, 0) is 46.7 Å². The van der Waals surface area contributed by atoms with Crippen LogP contribution in [0, 0.1) is 0 Å². The van der Waals surface area contributed by atoms with Crippen molar-refractivity contribution in [3.8, 4) is 5.69 Å². The number of benzene rings is 1. The molecular formula is C18H14N4O2S. The van der Waals surface area contributed by atoms with Crippen molar-refractivity contribution in [3.05, 3.63) is 85.7 Å². The predicted molar refractivity (Wildman–Crippen MR) is 99.4 cm³/mol. The molecule has 0 radical (unpaired) electrons. The Morgan fingerprint density at radius 3 is 2.56 bits per heavy atom. The van der Waals surface area contributed by atoms with Crippen molar-refractivity contribution in [2.24, 2.45) is 0 Å². The zero-order valence-corrected chi connectivity index (χ0v) is 13.9. The highest BCUT2D eigenvalue weighted by molar-refractivity contribution is 7.07. The first-order chi connectivity index (χ1) is 12.1. The van der Waals surface area contributed by atoms with E-state index in [1.54, 1.807) is 24.3 Å². The lowest BCUT2D eigenvalue weighted by molar-refractivity contribution is 0.684. The van der Waals surface area contributed by atoms with Gasteiger partial charge in [0, 0.05) is 0 Å². The number of aromatic nitrogens is 3. The van der Waals surface area contributed by atoms with E-state index < -0.39 is 5.69 Å². The van der Waals surface area contributed by atoms with Crippen LogP contribution in [-0.2, 0) is 6.54 Å². The van der Waals surface area contributed by atoms with E-state index >= 15 is 0 Å². The SMILES string of the molecule is Nc1ccc2c(=O)n(Cc3ccsc3)c(=O)n(-c3ccccc3)c2n1. The van der Waals surface area contributed by atoms with E-state index in [1.807, 2.05) is 35.0 Å². The molecule has 0 aliphatic carbocycles. The Bertz CT molecular complexity index is 1160. The summed E-state index contributed by atoms with van der Waals surface area (Å²) in [6.07, 6.45) is 0. The number of para-hydroxylation sites is 1. The lowest BCUT2D eigenvalue weighted by atomic mass is 10.2. The molecule has 0 unspecified atom stereocenters. The number of nitrogens with two attached hydrogens (primary N) is 1. The van der Waals surface area contributed by atoms with E-state index in [1.165, 1.54) is 20.5 Å². The van der Waals surface area contributed by atoms with Crippen molar-refractivity contribution in [2.75, 3.05) is 5.73 Å². The van der Waals surface area contributed by atoms with Crippen LogP contribution in [-0.4, -0.2) is 14.1 Å². The van der Waals surface area contributed by atoms with Crippen LogP contribution in [0.3, 0.4) is 0 Å². The van der Waals surface area contributed by atoms with Crippen LogP contribution in [0.4, 0.5) is 5.82 Å². The molecule has 7 heteroatoms. The summed E-state index contributed by atoms with van der Waals surface area (Å²) >= 11 is 1.52. The second kappa shape index (κ2) is 6.03. The van der Waals surface area contributed by atoms with E-state index in [0.717, 1.165) is 5.56 Å². The maximum absolute atomic E-state index is 13.1. The fourth-order valence-corrected chi connectivity index (χ4v) is 3.42. The molecule has 2 N–H and O–H groups in total. The number of fused-ring (bicyclic) bond motifs is 1. The van der Waals surface area contributed by atoms with E-state index in [4.69, 9.17) is 5.73 Å². The van der Waals surface area contributed by atoms with Crippen LogP contribution >= 0.6 is 11.3 Å². The standard InChI is InChI=1S/C18H14N4O2S/c19-15-7-6-14-16(20-15)22(13-4-2-1-3-5-13)18(24)21(17(14)23)10-12-8-9-25-11-12/h1-9,11H,10H2,(H2,19,20). The zero-order valence-electron chi connectivity index (χ0n) is 13.1. The largest absolute Gasteiger partial charge is 0.384 e. The summed E-state index contributed by atoms with van der Waals surface area (Å²) in [7, 11) is 0. The number of hydrogen-bond donors (Lipinski definition) is 1. The second-order valence-electron chi connectivity index (χ2n) is 5.58. The predicted octanol–water partition coefficient (Wildman–Crippen LogP) is 2.24. The Morgan fingerprint density at radius 1 is 1.04 bits per heavy atom. The maximum Gasteiger partial charge on any atom is 0.337 e. The topological polar surface area (TPSA) is 82.9 Å². The molecule has 4 aromatic rings. The van der Waals surface area contributed by atoms with Gasteiger partial charge in [0.25, 0.3) is 5.56 Å². The number of thiophene rings is 1. The summed E-state index contributed by atoms with van der Waals surface area (Å²) < 4.78 is 2.66. The van der Waals surface area contributed by atoms with Crippen LogP contribution in [0.2, 0.25) is 0 Å². The van der Waals surface area contributed by atoms with Crippen molar-refractivity contribution in [1.29, 1.82) is 0 Å². The van der Waals surface area contributed by atoms with Crippen molar-refractivity contribution in [2.45, 2.75) is 6.54 Å². The Balaban J connectivity index is 2.09. The molecule has 25 heavy (non-hydrogen) atoms. The molecule has 4 rings (SSSR count). The summed E-state index contributed by atoms with van der Waals surface area (Å²) in [4.78, 5) is 30.2. The van der Waals surface area contributed by atoms with Crippen LogP contribution in [0.25, 0.3) is 16.7 Å². The van der Waals surface area contributed by atoms with Crippen molar-refractivity contribution in [1.82, 2.24) is 14.1 Å². The Labute approximate surface area is 146 Å². The van der Waals surface area contributed by atoms with Gasteiger partial charge in [0.2, 0.25) is 0 Å². The van der Waals surface area contributed by atoms with Gasteiger partial charge in [-0.2, -0.15) is 11.3 Å². The zero-order chi connectivity index (χ0) is 17.4. The number of pyridine rings is 1. The highest BCUT2D eigenvalue weighted by Gasteiger charge is 2.16. The lowest BCUT2D eigenvalue weighted by Crippen LogP contribution is -2.40. The van der Waals surface area contributed by atoms with Crippen LogP contribution < -0.4 is 17.0 Å². The van der Waals surface area contributed by atoms with E-state index in [9.17, 15) is 9.59 Å². The third-order valence-corrected chi connectivity index (χ3v) is 4.67. The molecule has 0 fully saturated rings. The molecule has 1 aromatic carbocycles. The maximum atomic E-state index is 13.1. The van der Waals surface area contributed by atoms with E-state index in [2.05, 4.69) is 4.98 Å². The molecule has 6 nitrogen and oxygen atoms in total. The van der Waals surface area contributed by atoms with Crippen molar-refractivity contribution >= 4 is 28.2 Å². The minimum atomic E-state index is -0.437. The number of nitrogens with zero attached hydrogens (tertiary/aromatic N) is 3. The summed E-state index contributed by atoms with van der Waals surface area (Å²) in [6.45, 7) is 0.217. The van der Waals surface area contributed by atoms with Gasteiger partial charge in [0.15, 0.2) is 5.65 Å². The fourth-order valence-electron chi connectivity index (χ4n) is 2.76. The van der Waals surface area contributed by atoms with Crippen molar-refractivity contribution < 1.29 is 0 Å². The molecule has 0 aliphatic rings. The van der Waals surface area contributed by atoms with Crippen LogP contribution in [0.15, 0.2) is 68.9 Å². The molecule has 3 aromatic heterocycles. The summed E-state index contributed by atoms with van der Waals surface area (Å²) in [5.74, 6) is 0.256. The first kappa shape index (κ1) is 15.3.